The van der Waals surface area contributed by atoms with Crippen molar-refractivity contribution in [3.8, 4) is 0 Å². The molecular formula is C8H16O3. The van der Waals surface area contributed by atoms with Crippen molar-refractivity contribution in [2.75, 3.05) is 6.61 Å². The first kappa shape index (κ1) is 8.97. The minimum absolute atomic E-state index is 0.134. The van der Waals surface area contributed by atoms with Gasteiger partial charge in [-0.05, 0) is 20.3 Å². The Morgan fingerprint density at radius 1 is 1.64 bits per heavy atom. The Bertz CT molecular complexity index is 133. The van der Waals surface area contributed by atoms with Crippen LogP contribution in [0.5, 0.6) is 0 Å². The number of ether oxygens (including phenoxy) is 2. The molecule has 0 amide bonds. The van der Waals surface area contributed by atoms with E-state index >= 15 is 0 Å². The quantitative estimate of drug-likeness (QED) is 0.619. The van der Waals surface area contributed by atoms with Crippen molar-refractivity contribution >= 4 is 0 Å². The van der Waals surface area contributed by atoms with Gasteiger partial charge in [-0.2, -0.15) is 0 Å². The minimum Gasteiger partial charge on any atom is -0.385 e. The van der Waals surface area contributed by atoms with Crippen molar-refractivity contribution in [1.29, 1.82) is 0 Å². The topological polar surface area (TPSA) is 38.7 Å². The highest BCUT2D eigenvalue weighted by molar-refractivity contribution is 4.82. The maximum Gasteiger partial charge on any atom is 0.157 e. The molecule has 0 aromatic carbocycles. The molecule has 0 radical (unpaired) electrons. The van der Waals surface area contributed by atoms with E-state index in [-0.39, 0.29) is 12.4 Å². The summed E-state index contributed by atoms with van der Waals surface area (Å²) in [7, 11) is 0. The molecule has 66 valence electrons. The van der Waals surface area contributed by atoms with Gasteiger partial charge in [0.05, 0.1) is 12.7 Å². The zero-order valence-electron chi connectivity index (χ0n) is 7.33. The van der Waals surface area contributed by atoms with E-state index in [0.29, 0.717) is 6.61 Å². The van der Waals surface area contributed by atoms with E-state index in [1.54, 1.807) is 6.92 Å². The van der Waals surface area contributed by atoms with E-state index in [4.69, 9.17) is 9.47 Å². The average molecular weight is 160 g/mol. The second kappa shape index (κ2) is 3.09. The first-order chi connectivity index (χ1) is 5.06. The molecule has 1 rings (SSSR count). The summed E-state index contributed by atoms with van der Waals surface area (Å²) in [6, 6.07) is 0. The minimum atomic E-state index is -0.828. The zero-order chi connectivity index (χ0) is 8.48. The highest BCUT2D eigenvalue weighted by Crippen LogP contribution is 2.22. The summed E-state index contributed by atoms with van der Waals surface area (Å²) in [5.74, 6) is 0. The van der Waals surface area contributed by atoms with Gasteiger partial charge in [-0.25, -0.2) is 0 Å². The molecule has 3 heteroatoms. The molecule has 0 bridgehead atoms. The van der Waals surface area contributed by atoms with E-state index in [9.17, 15) is 5.11 Å². The fraction of sp³-hybridized carbons (Fsp3) is 1.00. The molecule has 0 saturated carbocycles. The van der Waals surface area contributed by atoms with Crippen LogP contribution in [-0.2, 0) is 9.47 Å². The smallest absolute Gasteiger partial charge is 0.157 e. The lowest BCUT2D eigenvalue weighted by Crippen LogP contribution is -2.50. The molecule has 0 aliphatic carbocycles. The zero-order valence-corrected chi connectivity index (χ0v) is 7.33. The standard InChI is InChI=1S/C8H16O3/c1-4-7-10-5-8(3,9)6(2)11-7/h6-7,9H,4-5H2,1-3H3/t6-,7-,8-/m0/s1. The van der Waals surface area contributed by atoms with Crippen LogP contribution < -0.4 is 0 Å². The van der Waals surface area contributed by atoms with E-state index in [0.717, 1.165) is 6.42 Å². The van der Waals surface area contributed by atoms with E-state index < -0.39 is 5.60 Å². The molecule has 0 aromatic heterocycles. The number of hydrogen-bond donors (Lipinski definition) is 1. The number of rotatable bonds is 1. The van der Waals surface area contributed by atoms with Crippen LogP contribution in [0.15, 0.2) is 0 Å². The second-order valence-electron chi connectivity index (χ2n) is 3.28. The van der Waals surface area contributed by atoms with Crippen LogP contribution in [0.1, 0.15) is 27.2 Å². The number of aliphatic hydroxyl groups is 1. The van der Waals surface area contributed by atoms with Crippen molar-refractivity contribution in [1.82, 2.24) is 0 Å². The van der Waals surface area contributed by atoms with Crippen LogP contribution >= 0.6 is 0 Å². The summed E-state index contributed by atoms with van der Waals surface area (Å²) in [4.78, 5) is 0. The SMILES string of the molecule is CC[C@H]1OC[C@](C)(O)[C@H](C)O1. The molecule has 1 saturated heterocycles. The molecule has 3 atom stereocenters. The van der Waals surface area contributed by atoms with Crippen molar-refractivity contribution in [3.05, 3.63) is 0 Å². The van der Waals surface area contributed by atoms with Gasteiger partial charge < -0.3 is 14.6 Å². The maximum absolute atomic E-state index is 9.61. The van der Waals surface area contributed by atoms with Gasteiger partial charge in [0.2, 0.25) is 0 Å². The van der Waals surface area contributed by atoms with Crippen LogP contribution in [-0.4, -0.2) is 29.7 Å². The molecule has 0 spiro atoms. The van der Waals surface area contributed by atoms with Crippen molar-refractivity contribution in [3.63, 3.8) is 0 Å². The monoisotopic (exact) mass is 160 g/mol. The first-order valence-electron chi connectivity index (χ1n) is 4.05. The van der Waals surface area contributed by atoms with Gasteiger partial charge in [-0.1, -0.05) is 6.92 Å². The normalized spacial score (nSPS) is 45.8. The third-order valence-corrected chi connectivity index (χ3v) is 2.13. The summed E-state index contributed by atoms with van der Waals surface area (Å²) in [5.41, 5.74) is -0.828. The Hall–Kier alpha value is -0.120. The highest BCUT2D eigenvalue weighted by atomic mass is 16.7. The van der Waals surface area contributed by atoms with Gasteiger partial charge in [-0.3, -0.25) is 0 Å². The molecule has 1 fully saturated rings. The third-order valence-electron chi connectivity index (χ3n) is 2.13. The van der Waals surface area contributed by atoms with Crippen molar-refractivity contribution in [2.45, 2.75) is 45.2 Å². The van der Waals surface area contributed by atoms with Crippen LogP contribution in [0.2, 0.25) is 0 Å². The molecule has 0 unspecified atom stereocenters. The summed E-state index contributed by atoms with van der Waals surface area (Å²) in [6.07, 6.45) is 0.562. The fourth-order valence-electron chi connectivity index (χ4n) is 1.01. The Labute approximate surface area is 67.3 Å². The molecule has 0 aromatic rings. The Morgan fingerprint density at radius 2 is 2.27 bits per heavy atom. The second-order valence-corrected chi connectivity index (χ2v) is 3.28. The van der Waals surface area contributed by atoms with Crippen LogP contribution in [0, 0.1) is 0 Å². The molecular weight excluding hydrogens is 144 g/mol. The first-order valence-corrected chi connectivity index (χ1v) is 4.05. The highest BCUT2D eigenvalue weighted by Gasteiger charge is 2.36. The summed E-state index contributed by atoms with van der Waals surface area (Å²) < 4.78 is 10.6. The predicted molar refractivity (Wildman–Crippen MR) is 41.2 cm³/mol. The average Bonchev–Trinajstić information content (AvgIpc) is 1.95. The molecule has 1 aliphatic rings. The van der Waals surface area contributed by atoms with Crippen molar-refractivity contribution < 1.29 is 14.6 Å². The largest absolute Gasteiger partial charge is 0.385 e. The lowest BCUT2D eigenvalue weighted by molar-refractivity contribution is -0.279. The van der Waals surface area contributed by atoms with E-state index in [1.165, 1.54) is 0 Å². The van der Waals surface area contributed by atoms with Crippen LogP contribution in [0.25, 0.3) is 0 Å². The van der Waals surface area contributed by atoms with Gasteiger partial charge in [0.25, 0.3) is 0 Å². The fourth-order valence-corrected chi connectivity index (χ4v) is 1.01. The van der Waals surface area contributed by atoms with Gasteiger partial charge in [0, 0.05) is 0 Å². The van der Waals surface area contributed by atoms with E-state index in [2.05, 4.69) is 0 Å². The van der Waals surface area contributed by atoms with Crippen LogP contribution in [0.4, 0.5) is 0 Å². The third kappa shape index (κ3) is 1.92. The molecule has 1 aliphatic heterocycles. The molecule has 3 nitrogen and oxygen atoms in total. The Morgan fingerprint density at radius 3 is 2.73 bits per heavy atom. The van der Waals surface area contributed by atoms with E-state index in [1.807, 2.05) is 13.8 Å². The lowest BCUT2D eigenvalue weighted by atomic mass is 10.0. The van der Waals surface area contributed by atoms with Crippen molar-refractivity contribution in [2.24, 2.45) is 0 Å². The Balaban J connectivity index is 2.48. The Kier molecular flexibility index (Phi) is 2.52. The summed E-state index contributed by atoms with van der Waals surface area (Å²) in [5, 5.41) is 9.61. The van der Waals surface area contributed by atoms with Gasteiger partial charge >= 0.3 is 0 Å². The van der Waals surface area contributed by atoms with Crippen LogP contribution in [0.3, 0.4) is 0 Å². The molecule has 11 heavy (non-hydrogen) atoms. The summed E-state index contributed by atoms with van der Waals surface area (Å²) >= 11 is 0. The predicted octanol–water partition coefficient (Wildman–Crippen LogP) is 0.909. The molecule has 1 N–H and O–H groups in total. The lowest BCUT2D eigenvalue weighted by Gasteiger charge is -2.38. The molecule has 1 heterocycles. The summed E-state index contributed by atoms with van der Waals surface area (Å²) in [6.45, 7) is 5.96. The van der Waals surface area contributed by atoms with Gasteiger partial charge in [0.1, 0.15) is 5.60 Å². The van der Waals surface area contributed by atoms with Gasteiger partial charge in [0.15, 0.2) is 6.29 Å². The maximum atomic E-state index is 9.61. The number of hydrogen-bond acceptors (Lipinski definition) is 3. The van der Waals surface area contributed by atoms with Gasteiger partial charge in [-0.15, -0.1) is 0 Å².